The number of imidazole rings is 2. The third kappa shape index (κ3) is 12.0. The molecule has 0 spiro atoms. The van der Waals surface area contributed by atoms with Crippen LogP contribution in [0.25, 0.3) is 0 Å². The Morgan fingerprint density at radius 2 is 1.12 bits per heavy atom. The van der Waals surface area contributed by atoms with Crippen LogP contribution in [-0.4, -0.2) is 37.0 Å². The molecule has 6 aromatic rings. The number of hydrogen-bond acceptors (Lipinski definition) is 6. The van der Waals surface area contributed by atoms with Crippen LogP contribution in [0.1, 0.15) is 20.7 Å². The van der Waals surface area contributed by atoms with E-state index in [1.165, 1.54) is 18.9 Å². The summed E-state index contributed by atoms with van der Waals surface area (Å²) in [5.41, 5.74) is 0.782. The molecule has 15 heteroatoms. The number of halogens is 7. The van der Waals surface area contributed by atoms with Crippen LogP contribution in [0.5, 0.6) is 23.0 Å². The van der Waals surface area contributed by atoms with Crippen molar-refractivity contribution in [2.45, 2.75) is 6.54 Å². The summed E-state index contributed by atoms with van der Waals surface area (Å²) in [5.74, 6) is 1.84. The first-order valence-electron chi connectivity index (χ1n) is 13.9. The maximum atomic E-state index is 12.3. The van der Waals surface area contributed by atoms with E-state index in [1.54, 1.807) is 95.7 Å². The predicted octanol–water partition coefficient (Wildman–Crippen LogP) is 11.8. The van der Waals surface area contributed by atoms with E-state index in [4.69, 9.17) is 90.7 Å². The molecular weight excluding hydrogens is 777 g/mol. The molecule has 49 heavy (non-hydrogen) atoms. The van der Waals surface area contributed by atoms with Crippen LogP contribution in [0.4, 0.5) is 0 Å². The average molecular weight is 800 g/mol. The van der Waals surface area contributed by atoms with E-state index < -0.39 is 0 Å². The minimum atomic E-state index is -0.218. The molecule has 0 aliphatic rings. The number of carbonyl (C=O) groups excluding carboxylic acids is 2. The van der Waals surface area contributed by atoms with Gasteiger partial charge in [0.25, 0.3) is 0 Å². The van der Waals surface area contributed by atoms with Crippen LogP contribution >= 0.6 is 81.2 Å². The normalized spacial score (nSPS) is 10.3. The molecule has 0 aliphatic carbocycles. The molecule has 0 saturated heterocycles. The highest BCUT2D eigenvalue weighted by molar-refractivity contribution is 6.37. The van der Waals surface area contributed by atoms with Gasteiger partial charge in [-0.05, 0) is 72.8 Å². The van der Waals surface area contributed by atoms with Gasteiger partial charge in [-0.15, -0.1) is 11.6 Å². The number of nitrogens with one attached hydrogen (secondary N) is 1. The number of nitrogens with zero attached hydrogens (tertiary/aromatic N) is 3. The van der Waals surface area contributed by atoms with E-state index in [1.807, 2.05) is 0 Å². The monoisotopic (exact) mass is 796 g/mol. The number of Topliss-reactive ketones (excluding diaryl/α,β-unsaturated/α-hetero) is 2. The third-order valence-corrected chi connectivity index (χ3v) is 8.04. The zero-order valence-electron chi connectivity index (χ0n) is 24.9. The highest BCUT2D eigenvalue weighted by atomic mass is 35.5. The fourth-order valence-electron chi connectivity index (χ4n) is 3.82. The molecule has 0 bridgehead atoms. The Kier molecular flexibility index (Phi) is 14.7. The lowest BCUT2D eigenvalue weighted by Gasteiger charge is -2.09. The van der Waals surface area contributed by atoms with Crippen molar-refractivity contribution in [1.82, 2.24) is 19.5 Å². The topological polar surface area (TPSA) is 99.1 Å². The Labute approximate surface area is 316 Å². The van der Waals surface area contributed by atoms with E-state index in [0.717, 1.165) is 0 Å². The van der Waals surface area contributed by atoms with Crippen LogP contribution in [0, 0.1) is 0 Å². The Bertz CT molecular complexity index is 1990. The number of aromatic amines is 1. The number of hydrogen-bond donors (Lipinski definition) is 1. The summed E-state index contributed by atoms with van der Waals surface area (Å²) in [6.45, 7) is 0.0654. The Balaban J connectivity index is 0.000000192. The van der Waals surface area contributed by atoms with Crippen molar-refractivity contribution in [3.63, 3.8) is 0 Å². The molecule has 8 nitrogen and oxygen atoms in total. The third-order valence-electron chi connectivity index (χ3n) is 6.14. The van der Waals surface area contributed by atoms with Gasteiger partial charge in [0.1, 0.15) is 33.3 Å². The number of H-pyrrole nitrogens is 1. The number of ether oxygens (including phenoxy) is 2. The predicted molar refractivity (Wildman–Crippen MR) is 196 cm³/mol. The Morgan fingerprint density at radius 1 is 0.633 bits per heavy atom. The number of carbonyl (C=O) groups is 2. The van der Waals surface area contributed by atoms with Crippen LogP contribution in [0.15, 0.2) is 110 Å². The van der Waals surface area contributed by atoms with Crippen LogP contribution in [0.2, 0.25) is 30.4 Å². The van der Waals surface area contributed by atoms with Gasteiger partial charge in [-0.3, -0.25) is 9.59 Å². The summed E-state index contributed by atoms with van der Waals surface area (Å²) < 4.78 is 12.8. The fourth-order valence-corrected chi connectivity index (χ4v) is 5.03. The minimum Gasteiger partial charge on any atom is -0.457 e. The molecule has 0 aliphatic heterocycles. The number of benzene rings is 4. The van der Waals surface area contributed by atoms with Crippen molar-refractivity contribution in [3.05, 3.63) is 152 Å². The minimum absolute atomic E-state index is 0.0654. The van der Waals surface area contributed by atoms with Crippen LogP contribution < -0.4 is 9.47 Å². The highest BCUT2D eigenvalue weighted by Crippen LogP contribution is 2.29. The largest absolute Gasteiger partial charge is 0.457 e. The van der Waals surface area contributed by atoms with E-state index in [2.05, 4.69) is 15.0 Å². The Morgan fingerprint density at radius 3 is 1.49 bits per heavy atom. The molecule has 0 fully saturated rings. The molecule has 2 heterocycles. The first-order valence-corrected chi connectivity index (χ1v) is 16.7. The van der Waals surface area contributed by atoms with E-state index in [0.29, 0.717) is 64.5 Å². The van der Waals surface area contributed by atoms with Gasteiger partial charge in [0.2, 0.25) is 0 Å². The highest BCUT2D eigenvalue weighted by Gasteiger charge is 2.14. The molecule has 0 unspecified atom stereocenters. The summed E-state index contributed by atoms with van der Waals surface area (Å²) in [6.07, 6.45) is 6.04. The number of aromatic nitrogens is 4. The molecule has 2 aromatic heterocycles. The summed E-state index contributed by atoms with van der Waals surface area (Å²) in [5, 5.41) is 2.85. The van der Waals surface area contributed by atoms with Crippen molar-refractivity contribution >= 4 is 92.8 Å². The van der Waals surface area contributed by atoms with Crippen molar-refractivity contribution < 1.29 is 19.1 Å². The lowest BCUT2D eigenvalue weighted by atomic mass is 10.1. The van der Waals surface area contributed by atoms with E-state index >= 15 is 0 Å². The molecule has 6 rings (SSSR count). The molecule has 4 aromatic carbocycles. The lowest BCUT2D eigenvalue weighted by Crippen LogP contribution is -2.10. The van der Waals surface area contributed by atoms with E-state index in [9.17, 15) is 9.59 Å². The smallest absolute Gasteiger partial charge is 0.184 e. The van der Waals surface area contributed by atoms with Crippen molar-refractivity contribution in [2.24, 2.45) is 0 Å². The first kappa shape index (κ1) is 38.1. The maximum Gasteiger partial charge on any atom is 0.184 e. The van der Waals surface area contributed by atoms with Crippen LogP contribution in [-0.2, 0) is 6.54 Å². The van der Waals surface area contributed by atoms with Gasteiger partial charge in [-0.1, -0.05) is 69.6 Å². The van der Waals surface area contributed by atoms with Crippen LogP contribution in [0.3, 0.4) is 0 Å². The summed E-state index contributed by atoms with van der Waals surface area (Å²) in [4.78, 5) is 34.0. The summed E-state index contributed by atoms with van der Waals surface area (Å²) in [7, 11) is 0. The van der Waals surface area contributed by atoms with Gasteiger partial charge < -0.3 is 19.0 Å². The molecular formula is C34H23Cl7N4O4. The second-order valence-corrected chi connectivity index (χ2v) is 12.4. The van der Waals surface area contributed by atoms with Crippen molar-refractivity contribution in [1.29, 1.82) is 0 Å². The standard InChI is InChI=1S/C17H11Cl3N2O2.C14H9Cl3O2.C3H3ClN2/c18-11-1-3-12(4-2-11)24-13-5-6-14(15(19)7-13)16(23)9-22-10-21-8-17(22)20;15-8-14(18)12-6-5-11(7-13(12)17)19-10-3-1-9(16)2-4-10;4-3-1-5-2-6-3/h1-8,10H,9H2;1-7H,8H2;1-2H,(H,5,6). The first-order chi connectivity index (χ1) is 23.5. The zero-order chi connectivity index (χ0) is 35.3. The second-order valence-electron chi connectivity index (χ2n) is 9.62. The SMILES string of the molecule is Clc1cnc[nH]1.O=C(CCl)c1ccc(Oc2ccc(Cl)cc2)cc1Cl.O=C(Cn1cncc1Cl)c1ccc(Oc2ccc(Cl)cc2)cc1Cl. The molecule has 0 atom stereocenters. The number of ketones is 2. The Hall–Kier alpha value is -3.73. The maximum absolute atomic E-state index is 12.3. The fraction of sp³-hybridized carbons (Fsp3) is 0.0588. The quantitative estimate of drug-likeness (QED) is 0.115. The van der Waals surface area contributed by atoms with Crippen molar-refractivity contribution in [2.75, 3.05) is 5.88 Å². The molecule has 0 saturated carbocycles. The molecule has 1 N–H and O–H groups in total. The van der Waals surface area contributed by atoms with Gasteiger partial charge in [-0.2, -0.15) is 0 Å². The number of rotatable bonds is 9. The molecule has 0 amide bonds. The lowest BCUT2D eigenvalue weighted by molar-refractivity contribution is 0.0971. The van der Waals surface area contributed by atoms with Gasteiger partial charge in [0.15, 0.2) is 11.6 Å². The summed E-state index contributed by atoms with van der Waals surface area (Å²) in [6, 6.07) is 23.6. The molecule has 0 radical (unpaired) electrons. The van der Waals surface area contributed by atoms with Gasteiger partial charge in [0.05, 0.1) is 47.5 Å². The van der Waals surface area contributed by atoms with Gasteiger partial charge in [-0.25, -0.2) is 9.97 Å². The second kappa shape index (κ2) is 18.9. The summed E-state index contributed by atoms with van der Waals surface area (Å²) >= 11 is 40.6. The molecule has 252 valence electrons. The number of alkyl halides is 1. The van der Waals surface area contributed by atoms with Gasteiger partial charge in [0, 0.05) is 33.3 Å². The van der Waals surface area contributed by atoms with Gasteiger partial charge >= 0.3 is 0 Å². The average Bonchev–Trinajstić information content (AvgIpc) is 3.73. The van der Waals surface area contributed by atoms with E-state index in [-0.39, 0.29) is 24.0 Å². The van der Waals surface area contributed by atoms with Crippen molar-refractivity contribution in [3.8, 4) is 23.0 Å². The zero-order valence-corrected chi connectivity index (χ0v) is 30.2.